The SMILES string of the molecule is Cc1cccc(CN2C(=O)S/C(=C\c3ccc(-c4ccc(C)c([N+](=O)[O-])c4)o3)C2=O)c1. The van der Waals surface area contributed by atoms with Crippen LogP contribution >= 0.6 is 11.8 Å². The van der Waals surface area contributed by atoms with Gasteiger partial charge in [-0.15, -0.1) is 0 Å². The molecule has 0 unspecified atom stereocenters. The summed E-state index contributed by atoms with van der Waals surface area (Å²) in [6.45, 7) is 3.83. The van der Waals surface area contributed by atoms with Crippen LogP contribution < -0.4 is 0 Å². The van der Waals surface area contributed by atoms with Crippen molar-refractivity contribution in [2.24, 2.45) is 0 Å². The number of benzene rings is 2. The zero-order valence-corrected chi connectivity index (χ0v) is 17.6. The van der Waals surface area contributed by atoms with E-state index in [0.717, 1.165) is 22.9 Å². The summed E-state index contributed by atoms with van der Waals surface area (Å²) in [4.78, 5) is 37.3. The predicted octanol–water partition coefficient (Wildman–Crippen LogP) is 5.71. The van der Waals surface area contributed by atoms with Gasteiger partial charge >= 0.3 is 0 Å². The highest BCUT2D eigenvalue weighted by Gasteiger charge is 2.35. The second kappa shape index (κ2) is 8.23. The summed E-state index contributed by atoms with van der Waals surface area (Å²) < 4.78 is 5.76. The van der Waals surface area contributed by atoms with E-state index in [-0.39, 0.29) is 28.3 Å². The lowest BCUT2D eigenvalue weighted by atomic mass is 10.1. The van der Waals surface area contributed by atoms with Crippen molar-refractivity contribution < 1.29 is 18.9 Å². The number of aryl methyl sites for hydroxylation is 2. The van der Waals surface area contributed by atoms with Gasteiger partial charge in [-0.05, 0) is 43.3 Å². The Morgan fingerprint density at radius 2 is 1.90 bits per heavy atom. The van der Waals surface area contributed by atoms with Crippen molar-refractivity contribution in [1.29, 1.82) is 0 Å². The summed E-state index contributed by atoms with van der Waals surface area (Å²) in [5, 5.41) is 10.8. The Bertz CT molecular complexity index is 1240. The number of amides is 2. The first-order valence-electron chi connectivity index (χ1n) is 9.48. The number of furan rings is 1. The number of nitrogens with zero attached hydrogens (tertiary/aromatic N) is 2. The largest absolute Gasteiger partial charge is 0.457 e. The van der Waals surface area contributed by atoms with Crippen LogP contribution in [-0.2, 0) is 11.3 Å². The standard InChI is InChI=1S/C23H18N2O5S/c1-14-4-3-5-16(10-14)13-24-22(26)21(31-23(24)27)12-18-8-9-20(30-18)17-7-6-15(2)19(11-17)25(28)29/h3-12H,13H2,1-2H3/b21-12-. The molecule has 1 fully saturated rings. The van der Waals surface area contributed by atoms with Gasteiger partial charge in [-0.25, -0.2) is 0 Å². The van der Waals surface area contributed by atoms with Gasteiger partial charge in [0.15, 0.2) is 0 Å². The van der Waals surface area contributed by atoms with Gasteiger partial charge in [0.05, 0.1) is 16.4 Å². The van der Waals surface area contributed by atoms with Crippen LogP contribution in [-0.4, -0.2) is 21.0 Å². The molecule has 0 aliphatic carbocycles. The van der Waals surface area contributed by atoms with Crippen molar-refractivity contribution in [1.82, 2.24) is 4.90 Å². The maximum Gasteiger partial charge on any atom is 0.293 e. The number of carbonyl (C=O) groups is 2. The van der Waals surface area contributed by atoms with Crippen LogP contribution in [0.25, 0.3) is 17.4 Å². The third-order valence-corrected chi connectivity index (χ3v) is 5.79. The number of imide groups is 1. The maximum atomic E-state index is 12.7. The number of hydrogen-bond donors (Lipinski definition) is 0. The van der Waals surface area contributed by atoms with E-state index in [1.807, 2.05) is 31.2 Å². The van der Waals surface area contributed by atoms with E-state index < -0.39 is 4.92 Å². The van der Waals surface area contributed by atoms with Gasteiger partial charge < -0.3 is 4.42 Å². The monoisotopic (exact) mass is 434 g/mol. The number of carbonyl (C=O) groups excluding carboxylic acids is 2. The van der Waals surface area contributed by atoms with Crippen LogP contribution in [0, 0.1) is 24.0 Å². The lowest BCUT2D eigenvalue weighted by molar-refractivity contribution is -0.385. The molecule has 3 aromatic rings. The summed E-state index contributed by atoms with van der Waals surface area (Å²) in [5.41, 5.74) is 3.06. The van der Waals surface area contributed by atoms with Gasteiger partial charge in [-0.2, -0.15) is 0 Å². The molecule has 2 amide bonds. The highest BCUT2D eigenvalue weighted by Crippen LogP contribution is 2.35. The Morgan fingerprint density at radius 3 is 2.65 bits per heavy atom. The molecular formula is C23H18N2O5S. The topological polar surface area (TPSA) is 93.7 Å². The maximum absolute atomic E-state index is 12.7. The molecule has 2 heterocycles. The van der Waals surface area contributed by atoms with Crippen molar-refractivity contribution in [3.63, 3.8) is 0 Å². The Kier molecular flexibility index (Phi) is 5.48. The second-order valence-corrected chi connectivity index (χ2v) is 8.21. The molecule has 1 aromatic heterocycles. The Balaban J connectivity index is 1.55. The third kappa shape index (κ3) is 4.29. The lowest BCUT2D eigenvalue weighted by Gasteiger charge is -2.12. The first-order chi connectivity index (χ1) is 14.8. The molecule has 1 aliphatic heterocycles. The third-order valence-electron chi connectivity index (χ3n) is 4.89. The molecule has 0 spiro atoms. The second-order valence-electron chi connectivity index (χ2n) is 7.22. The molecule has 0 saturated carbocycles. The molecular weight excluding hydrogens is 416 g/mol. The summed E-state index contributed by atoms with van der Waals surface area (Å²) in [6, 6.07) is 15.8. The summed E-state index contributed by atoms with van der Waals surface area (Å²) in [6.07, 6.45) is 1.52. The van der Waals surface area contributed by atoms with Gasteiger partial charge in [-0.1, -0.05) is 42.0 Å². The molecule has 7 nitrogen and oxygen atoms in total. The van der Waals surface area contributed by atoms with Gasteiger partial charge in [0, 0.05) is 23.3 Å². The van der Waals surface area contributed by atoms with Crippen molar-refractivity contribution >= 4 is 34.7 Å². The molecule has 0 atom stereocenters. The zero-order chi connectivity index (χ0) is 22.1. The first kappa shape index (κ1) is 20.6. The minimum absolute atomic E-state index is 0.00715. The van der Waals surface area contributed by atoms with Crippen molar-refractivity contribution in [2.75, 3.05) is 0 Å². The quantitative estimate of drug-likeness (QED) is 0.290. The lowest BCUT2D eigenvalue weighted by Crippen LogP contribution is -2.27. The van der Waals surface area contributed by atoms with Crippen LogP contribution in [0.15, 0.2) is 63.9 Å². The molecule has 31 heavy (non-hydrogen) atoms. The van der Waals surface area contributed by atoms with Crippen molar-refractivity contribution in [3.05, 3.63) is 92.1 Å². The highest BCUT2D eigenvalue weighted by molar-refractivity contribution is 8.18. The fraction of sp³-hybridized carbons (Fsp3) is 0.130. The predicted molar refractivity (Wildman–Crippen MR) is 118 cm³/mol. The summed E-state index contributed by atoms with van der Waals surface area (Å²) >= 11 is 0.863. The number of nitro benzene ring substituents is 1. The molecule has 1 aliphatic rings. The van der Waals surface area contributed by atoms with Gasteiger partial charge in [-0.3, -0.25) is 24.6 Å². The van der Waals surface area contributed by atoms with E-state index in [2.05, 4.69) is 0 Å². The van der Waals surface area contributed by atoms with Crippen LogP contribution in [0.2, 0.25) is 0 Å². The number of nitro groups is 1. The van der Waals surface area contributed by atoms with E-state index in [9.17, 15) is 19.7 Å². The van der Waals surface area contributed by atoms with E-state index >= 15 is 0 Å². The minimum Gasteiger partial charge on any atom is -0.457 e. The molecule has 4 rings (SSSR count). The van der Waals surface area contributed by atoms with E-state index in [0.29, 0.717) is 22.6 Å². The van der Waals surface area contributed by atoms with Gasteiger partial charge in [0.25, 0.3) is 16.8 Å². The molecule has 156 valence electrons. The van der Waals surface area contributed by atoms with Crippen LogP contribution in [0.1, 0.15) is 22.5 Å². The van der Waals surface area contributed by atoms with Crippen LogP contribution in [0.3, 0.4) is 0 Å². The number of hydrogen-bond acceptors (Lipinski definition) is 6. The zero-order valence-electron chi connectivity index (χ0n) is 16.8. The Hall–Kier alpha value is -3.65. The van der Waals surface area contributed by atoms with Gasteiger partial charge in [0.1, 0.15) is 11.5 Å². The molecule has 2 aromatic carbocycles. The molecule has 0 bridgehead atoms. The van der Waals surface area contributed by atoms with Crippen molar-refractivity contribution in [2.45, 2.75) is 20.4 Å². The average Bonchev–Trinajstić information content (AvgIpc) is 3.29. The summed E-state index contributed by atoms with van der Waals surface area (Å²) in [7, 11) is 0. The minimum atomic E-state index is -0.438. The molecule has 0 N–H and O–H groups in total. The van der Waals surface area contributed by atoms with E-state index in [4.69, 9.17) is 4.42 Å². The molecule has 8 heteroatoms. The number of thioether (sulfide) groups is 1. The fourth-order valence-corrected chi connectivity index (χ4v) is 4.12. The Morgan fingerprint density at radius 1 is 1.10 bits per heavy atom. The molecule has 0 radical (unpaired) electrons. The van der Waals surface area contributed by atoms with Crippen molar-refractivity contribution in [3.8, 4) is 11.3 Å². The Labute approximate surface area is 182 Å². The molecule has 1 saturated heterocycles. The number of rotatable bonds is 5. The smallest absolute Gasteiger partial charge is 0.293 e. The van der Waals surface area contributed by atoms with E-state index in [1.54, 1.807) is 31.2 Å². The summed E-state index contributed by atoms with van der Waals surface area (Å²) in [5.74, 6) is 0.452. The van der Waals surface area contributed by atoms with Gasteiger partial charge in [0.2, 0.25) is 0 Å². The highest BCUT2D eigenvalue weighted by atomic mass is 32.2. The van der Waals surface area contributed by atoms with Crippen LogP contribution in [0.4, 0.5) is 10.5 Å². The average molecular weight is 434 g/mol. The first-order valence-corrected chi connectivity index (χ1v) is 10.3. The van der Waals surface area contributed by atoms with E-state index in [1.165, 1.54) is 17.0 Å². The normalized spacial score (nSPS) is 15.2. The van der Waals surface area contributed by atoms with Crippen LogP contribution in [0.5, 0.6) is 0 Å². The fourth-order valence-electron chi connectivity index (χ4n) is 3.30.